The van der Waals surface area contributed by atoms with Gasteiger partial charge in [-0.15, -0.1) is 0 Å². The van der Waals surface area contributed by atoms with Gasteiger partial charge in [-0.25, -0.2) is 4.98 Å². The van der Waals surface area contributed by atoms with Crippen LogP contribution in [-0.4, -0.2) is 82.8 Å². The minimum atomic E-state index is -0.663. The van der Waals surface area contributed by atoms with Crippen molar-refractivity contribution in [2.45, 2.75) is 18.2 Å². The number of carbonyl (C=O) groups is 2. The number of ether oxygens (including phenoxy) is 3. The van der Waals surface area contributed by atoms with Gasteiger partial charge in [0.1, 0.15) is 12.4 Å². The van der Waals surface area contributed by atoms with Crippen LogP contribution in [-0.2, 0) is 9.59 Å². The van der Waals surface area contributed by atoms with Gasteiger partial charge in [-0.3, -0.25) is 9.59 Å². The molecule has 9 nitrogen and oxygen atoms in total. The Morgan fingerprint density at radius 3 is 2.68 bits per heavy atom. The molecule has 1 aromatic heterocycles. The minimum Gasteiger partial charge on any atom is -0.494 e. The molecule has 5 rings (SSSR count). The van der Waals surface area contributed by atoms with Gasteiger partial charge in [0.05, 0.1) is 23.4 Å². The summed E-state index contributed by atoms with van der Waals surface area (Å²) in [7, 11) is 0. The highest BCUT2D eigenvalue weighted by Crippen LogP contribution is 2.31. The third-order valence-corrected chi connectivity index (χ3v) is 6.66. The molecule has 0 bridgehead atoms. The average molecular weight is 483 g/mol. The monoisotopic (exact) mass is 482 g/mol. The van der Waals surface area contributed by atoms with E-state index in [1.54, 1.807) is 15.9 Å². The predicted octanol–water partition coefficient (Wildman–Crippen LogP) is 2.56. The fourth-order valence-electron chi connectivity index (χ4n) is 4.03. The van der Waals surface area contributed by atoms with Crippen molar-refractivity contribution in [3.63, 3.8) is 0 Å². The van der Waals surface area contributed by atoms with Crippen molar-refractivity contribution in [2.24, 2.45) is 0 Å². The number of amides is 2. The Morgan fingerprint density at radius 1 is 1.12 bits per heavy atom. The molecule has 10 heteroatoms. The molecule has 1 N–H and O–H groups in total. The van der Waals surface area contributed by atoms with E-state index < -0.39 is 6.10 Å². The molecule has 0 radical (unpaired) electrons. The summed E-state index contributed by atoms with van der Waals surface area (Å²) in [6.07, 6.45) is -0.663. The minimum absolute atomic E-state index is 0.0266. The molecule has 0 spiro atoms. The van der Waals surface area contributed by atoms with Gasteiger partial charge in [-0.05, 0) is 31.2 Å². The molecule has 0 unspecified atom stereocenters. The van der Waals surface area contributed by atoms with E-state index >= 15 is 0 Å². The van der Waals surface area contributed by atoms with Gasteiger partial charge in [0.2, 0.25) is 12.0 Å². The topological polar surface area (TPSA) is 97.0 Å². The number of H-pyrrole nitrogens is 1. The number of aromatic nitrogens is 2. The third-order valence-electron chi connectivity index (χ3n) is 5.80. The molecule has 1 atom stereocenters. The second kappa shape index (κ2) is 9.84. The number of piperazine rings is 1. The summed E-state index contributed by atoms with van der Waals surface area (Å²) in [5.41, 5.74) is 1.71. The van der Waals surface area contributed by atoms with Crippen molar-refractivity contribution in [1.29, 1.82) is 0 Å². The number of carbonyl (C=O) groups excluding carboxylic acids is 2. The zero-order valence-corrected chi connectivity index (χ0v) is 19.7. The number of imidazole rings is 1. The van der Waals surface area contributed by atoms with Gasteiger partial charge in [0.15, 0.2) is 16.7 Å². The van der Waals surface area contributed by atoms with E-state index in [4.69, 9.17) is 14.2 Å². The van der Waals surface area contributed by atoms with Crippen molar-refractivity contribution in [3.8, 4) is 17.2 Å². The van der Waals surface area contributed by atoms with Crippen molar-refractivity contribution in [3.05, 3.63) is 42.5 Å². The predicted molar refractivity (Wildman–Crippen MR) is 127 cm³/mol. The Bertz CT molecular complexity index is 1190. The first-order valence-electron chi connectivity index (χ1n) is 11.3. The highest BCUT2D eigenvalue weighted by molar-refractivity contribution is 7.99. The van der Waals surface area contributed by atoms with Gasteiger partial charge in [-0.1, -0.05) is 23.9 Å². The van der Waals surface area contributed by atoms with E-state index in [0.717, 1.165) is 16.8 Å². The van der Waals surface area contributed by atoms with Crippen LogP contribution in [0.2, 0.25) is 0 Å². The molecule has 178 valence electrons. The Kier molecular flexibility index (Phi) is 6.48. The number of nitrogens with zero attached hydrogens (tertiary/aromatic N) is 3. The van der Waals surface area contributed by atoms with Gasteiger partial charge in [0.25, 0.3) is 5.91 Å². The molecule has 0 saturated carbocycles. The maximum Gasteiger partial charge on any atom is 0.267 e. The van der Waals surface area contributed by atoms with E-state index in [2.05, 4.69) is 9.97 Å². The molecule has 3 heterocycles. The average Bonchev–Trinajstić information content (AvgIpc) is 3.29. The zero-order valence-electron chi connectivity index (χ0n) is 18.9. The standard InChI is InChI=1S/C24H26N4O5S/c1-2-31-16-7-8-17-18(13-16)26-24(25-17)34-15-22(29)27-9-11-28(12-10-27)23(30)21-14-32-19-5-3-4-6-20(19)33-21/h3-8,13,21H,2,9-12,14-15H2,1H3,(H,25,26)/t21-/m0/s1. The summed E-state index contributed by atoms with van der Waals surface area (Å²) >= 11 is 1.37. The summed E-state index contributed by atoms with van der Waals surface area (Å²) in [6.45, 7) is 4.67. The molecule has 1 saturated heterocycles. The van der Waals surface area contributed by atoms with Crippen molar-refractivity contribution >= 4 is 34.6 Å². The summed E-state index contributed by atoms with van der Waals surface area (Å²) in [5, 5.41) is 0.695. The lowest BCUT2D eigenvalue weighted by atomic mass is 10.2. The number of aromatic amines is 1. The molecule has 1 fully saturated rings. The Morgan fingerprint density at radius 2 is 1.88 bits per heavy atom. The number of para-hydroxylation sites is 2. The molecule has 34 heavy (non-hydrogen) atoms. The highest BCUT2D eigenvalue weighted by Gasteiger charge is 2.33. The first kappa shape index (κ1) is 22.4. The number of thioether (sulfide) groups is 1. The Balaban J connectivity index is 1.11. The molecule has 2 amide bonds. The van der Waals surface area contributed by atoms with Crippen LogP contribution in [0.1, 0.15) is 6.92 Å². The van der Waals surface area contributed by atoms with Crippen LogP contribution in [0.5, 0.6) is 17.2 Å². The lowest BCUT2D eigenvalue weighted by Crippen LogP contribution is -2.55. The lowest BCUT2D eigenvalue weighted by Gasteiger charge is -2.37. The zero-order chi connectivity index (χ0) is 23.5. The SMILES string of the molecule is CCOc1ccc2nc(SCC(=O)N3CCN(C(=O)[C@@H]4COc5ccccc5O4)CC3)[nH]c2c1. The summed E-state index contributed by atoms with van der Waals surface area (Å²) < 4.78 is 17.0. The van der Waals surface area contributed by atoms with E-state index in [0.29, 0.717) is 49.4 Å². The molecule has 2 aromatic carbocycles. The number of hydrogen-bond acceptors (Lipinski definition) is 7. The first-order chi connectivity index (χ1) is 16.6. The maximum absolute atomic E-state index is 12.9. The quantitative estimate of drug-likeness (QED) is 0.540. The van der Waals surface area contributed by atoms with E-state index in [1.165, 1.54) is 11.8 Å². The number of benzene rings is 2. The van der Waals surface area contributed by atoms with E-state index in [1.807, 2.05) is 43.3 Å². The van der Waals surface area contributed by atoms with Crippen LogP contribution in [0.15, 0.2) is 47.6 Å². The summed E-state index contributed by atoms with van der Waals surface area (Å²) in [6, 6.07) is 13.0. The third kappa shape index (κ3) is 4.77. The molecule has 3 aromatic rings. The van der Waals surface area contributed by atoms with Crippen LogP contribution in [0.4, 0.5) is 0 Å². The summed E-state index contributed by atoms with van der Waals surface area (Å²) in [5.74, 6) is 2.22. The van der Waals surface area contributed by atoms with Crippen molar-refractivity contribution in [1.82, 2.24) is 19.8 Å². The van der Waals surface area contributed by atoms with Crippen LogP contribution in [0.25, 0.3) is 11.0 Å². The normalized spacial score (nSPS) is 17.6. The number of nitrogens with one attached hydrogen (secondary N) is 1. The van der Waals surface area contributed by atoms with E-state index in [9.17, 15) is 9.59 Å². The first-order valence-corrected chi connectivity index (χ1v) is 12.3. The lowest BCUT2D eigenvalue weighted by molar-refractivity contribution is -0.145. The van der Waals surface area contributed by atoms with Crippen LogP contribution in [0.3, 0.4) is 0 Å². The number of fused-ring (bicyclic) bond motifs is 2. The Hall–Kier alpha value is -3.40. The van der Waals surface area contributed by atoms with E-state index in [-0.39, 0.29) is 24.2 Å². The Labute approximate surface area is 201 Å². The fraction of sp³-hybridized carbons (Fsp3) is 0.375. The summed E-state index contributed by atoms with van der Waals surface area (Å²) in [4.78, 5) is 36.9. The molecular formula is C24H26N4O5S. The molecule has 0 aliphatic carbocycles. The number of hydrogen-bond donors (Lipinski definition) is 1. The van der Waals surface area contributed by atoms with Gasteiger partial charge < -0.3 is 29.0 Å². The van der Waals surface area contributed by atoms with Crippen molar-refractivity contribution in [2.75, 3.05) is 45.1 Å². The second-order valence-electron chi connectivity index (χ2n) is 8.01. The molecule has 2 aliphatic heterocycles. The second-order valence-corrected chi connectivity index (χ2v) is 8.98. The van der Waals surface area contributed by atoms with Gasteiger partial charge in [0, 0.05) is 32.2 Å². The van der Waals surface area contributed by atoms with Crippen LogP contribution < -0.4 is 14.2 Å². The van der Waals surface area contributed by atoms with Crippen LogP contribution >= 0.6 is 11.8 Å². The maximum atomic E-state index is 12.9. The fourth-order valence-corrected chi connectivity index (χ4v) is 4.82. The molecular weight excluding hydrogens is 456 g/mol. The van der Waals surface area contributed by atoms with Gasteiger partial charge >= 0.3 is 0 Å². The smallest absolute Gasteiger partial charge is 0.267 e. The van der Waals surface area contributed by atoms with Gasteiger partial charge in [-0.2, -0.15) is 0 Å². The largest absolute Gasteiger partial charge is 0.494 e. The highest BCUT2D eigenvalue weighted by atomic mass is 32.2. The van der Waals surface area contributed by atoms with Crippen LogP contribution in [0, 0.1) is 0 Å². The number of rotatable bonds is 6. The van der Waals surface area contributed by atoms with Crippen molar-refractivity contribution < 1.29 is 23.8 Å². The molecule has 2 aliphatic rings.